The Hall–Kier alpha value is -1.30. The Labute approximate surface area is 98.7 Å². The maximum Gasteiger partial charge on any atom is -0.0195 e. The van der Waals surface area contributed by atoms with Gasteiger partial charge >= 0.3 is 0 Å². The van der Waals surface area contributed by atoms with Crippen molar-refractivity contribution in [3.63, 3.8) is 0 Å². The summed E-state index contributed by atoms with van der Waals surface area (Å²) >= 11 is 0. The van der Waals surface area contributed by atoms with Crippen LogP contribution in [0, 0.1) is 6.92 Å². The first-order chi connectivity index (χ1) is 7.36. The summed E-state index contributed by atoms with van der Waals surface area (Å²) in [5, 5.41) is 0. The van der Waals surface area contributed by atoms with Crippen molar-refractivity contribution in [2.24, 2.45) is 0 Å². The topological polar surface area (TPSA) is 0 Å². The molecule has 1 aromatic rings. The Balaban J connectivity index is 0.000000963. The number of allylic oxidation sites excluding steroid dienone is 2. The number of rotatable bonds is 0. The van der Waals surface area contributed by atoms with Gasteiger partial charge in [-0.2, -0.15) is 0 Å². The molecule has 0 saturated heterocycles. The van der Waals surface area contributed by atoms with Crippen LogP contribution >= 0.6 is 0 Å². The fourth-order valence-electron chi connectivity index (χ4n) is 2.80. The second-order valence-electron chi connectivity index (χ2n) is 4.54. The van der Waals surface area contributed by atoms with Crippen LogP contribution in [0.25, 0.3) is 12.2 Å². The molecule has 0 nitrogen and oxygen atoms in total. The molecule has 1 aromatic carbocycles. The second-order valence-corrected chi connectivity index (χ2v) is 4.54. The Morgan fingerprint density at radius 1 is 0.938 bits per heavy atom. The highest BCUT2D eigenvalue weighted by atomic mass is 14.2. The van der Waals surface area contributed by atoms with Crippen molar-refractivity contribution in [3.05, 3.63) is 46.0 Å². The molecule has 0 aliphatic heterocycles. The number of hydrogen-bond donors (Lipinski definition) is 0. The smallest absolute Gasteiger partial charge is 0.0195 e. The summed E-state index contributed by atoms with van der Waals surface area (Å²) in [5.74, 6) is 0. The third-order valence-corrected chi connectivity index (χ3v) is 3.54. The van der Waals surface area contributed by atoms with Crippen LogP contribution in [0.2, 0.25) is 0 Å². The molecule has 3 rings (SSSR count). The van der Waals surface area contributed by atoms with Crippen LogP contribution in [-0.4, -0.2) is 0 Å². The van der Waals surface area contributed by atoms with Gasteiger partial charge in [0.05, 0.1) is 0 Å². The summed E-state index contributed by atoms with van der Waals surface area (Å²) < 4.78 is 0. The predicted octanol–water partition coefficient (Wildman–Crippen LogP) is 4.55. The van der Waals surface area contributed by atoms with Gasteiger partial charge in [-0.3, -0.25) is 0 Å². The summed E-state index contributed by atoms with van der Waals surface area (Å²) in [5.41, 5.74) is 7.63. The number of fused-ring (bicyclic) bond motifs is 3. The van der Waals surface area contributed by atoms with E-state index in [0.717, 1.165) is 0 Å². The van der Waals surface area contributed by atoms with Crippen LogP contribution in [0.4, 0.5) is 0 Å². The van der Waals surface area contributed by atoms with Crippen molar-refractivity contribution in [1.82, 2.24) is 0 Å². The first kappa shape index (κ1) is 11.2. The van der Waals surface area contributed by atoms with E-state index >= 15 is 0 Å². The van der Waals surface area contributed by atoms with E-state index in [2.05, 4.69) is 37.3 Å². The highest BCUT2D eigenvalue weighted by Crippen LogP contribution is 2.32. The van der Waals surface area contributed by atoms with Crippen molar-refractivity contribution in [2.75, 3.05) is 0 Å². The maximum atomic E-state index is 2.35. The lowest BCUT2D eigenvalue weighted by Gasteiger charge is -2.22. The molecule has 2 aliphatic rings. The van der Waals surface area contributed by atoms with E-state index in [1.54, 1.807) is 11.1 Å². The summed E-state index contributed by atoms with van der Waals surface area (Å²) in [6.45, 7) is 2.23. The molecular weight excluding hydrogens is 192 g/mol. The number of benzene rings is 1. The molecule has 0 heterocycles. The minimum atomic E-state index is 0. The zero-order chi connectivity index (χ0) is 10.3. The number of aryl methyl sites for hydroxylation is 1. The van der Waals surface area contributed by atoms with E-state index in [1.807, 2.05) is 0 Å². The zero-order valence-corrected chi connectivity index (χ0v) is 9.22. The molecule has 84 valence electrons. The van der Waals surface area contributed by atoms with Crippen molar-refractivity contribution >= 4 is 12.2 Å². The lowest BCUT2D eigenvalue weighted by Crippen LogP contribution is -2.06. The van der Waals surface area contributed by atoms with Crippen LogP contribution in [0.3, 0.4) is 0 Å². The van der Waals surface area contributed by atoms with Gasteiger partial charge in [0.2, 0.25) is 0 Å². The lowest BCUT2D eigenvalue weighted by atomic mass is 9.83. The second kappa shape index (κ2) is 4.29. The summed E-state index contributed by atoms with van der Waals surface area (Å²) in [7, 11) is 0. The first-order valence-electron chi connectivity index (χ1n) is 5.84. The molecule has 0 heteroatoms. The molecule has 0 amide bonds. The van der Waals surface area contributed by atoms with E-state index < -0.39 is 0 Å². The minimum absolute atomic E-state index is 0. The average molecular weight is 212 g/mol. The fraction of sp³-hybridized carbons (Fsp3) is 0.375. The molecule has 0 atom stereocenters. The van der Waals surface area contributed by atoms with Gasteiger partial charge in [0.25, 0.3) is 0 Å². The maximum absolute atomic E-state index is 2.35. The molecule has 2 aliphatic carbocycles. The summed E-state index contributed by atoms with van der Waals surface area (Å²) in [6.07, 6.45) is 14.1. The van der Waals surface area contributed by atoms with E-state index in [9.17, 15) is 0 Å². The first-order valence-corrected chi connectivity index (χ1v) is 5.84. The highest BCUT2D eigenvalue weighted by Gasteiger charge is 2.16. The molecule has 0 saturated carbocycles. The Kier molecular flexibility index (Phi) is 3.00. The van der Waals surface area contributed by atoms with Gasteiger partial charge < -0.3 is 0 Å². The van der Waals surface area contributed by atoms with E-state index in [0.29, 0.717) is 0 Å². The monoisotopic (exact) mass is 212 g/mol. The van der Waals surface area contributed by atoms with Crippen molar-refractivity contribution in [2.45, 2.75) is 40.0 Å². The normalized spacial score (nSPS) is 16.3. The van der Waals surface area contributed by atoms with Crippen LogP contribution in [0.1, 0.15) is 48.1 Å². The van der Waals surface area contributed by atoms with Gasteiger partial charge in [0.15, 0.2) is 0 Å². The van der Waals surface area contributed by atoms with E-state index in [1.165, 1.54) is 42.4 Å². The molecule has 0 unspecified atom stereocenters. The average Bonchev–Trinajstić information content (AvgIpc) is 2.30. The Morgan fingerprint density at radius 2 is 1.62 bits per heavy atom. The van der Waals surface area contributed by atoms with Crippen LogP contribution in [-0.2, 0) is 12.8 Å². The van der Waals surface area contributed by atoms with E-state index in [-0.39, 0.29) is 7.43 Å². The fourth-order valence-corrected chi connectivity index (χ4v) is 2.80. The van der Waals surface area contributed by atoms with Gasteiger partial charge in [-0.15, -0.1) is 0 Å². The van der Waals surface area contributed by atoms with Gasteiger partial charge in [-0.1, -0.05) is 37.8 Å². The molecular formula is C16H20. The molecule has 16 heavy (non-hydrogen) atoms. The summed E-state index contributed by atoms with van der Waals surface area (Å²) in [4.78, 5) is 0. The van der Waals surface area contributed by atoms with Crippen LogP contribution in [0.5, 0.6) is 0 Å². The molecule has 0 aromatic heterocycles. The summed E-state index contributed by atoms with van der Waals surface area (Å²) in [6, 6.07) is 2.35. The van der Waals surface area contributed by atoms with Gasteiger partial charge in [0.1, 0.15) is 0 Å². The Bertz CT molecular complexity index is 461. The molecule has 0 fully saturated rings. The van der Waals surface area contributed by atoms with Crippen LogP contribution < -0.4 is 0 Å². The SMILES string of the molecule is C.Cc1cc2c(c3c1C=CCC3)CCC=C2. The standard InChI is InChI=1S/C15H16.CH4/c1-11-10-12-6-2-3-8-14(12)15-9-5-4-7-13(11)15;/h2,4,6-7,10H,3,5,8-9H2,1H3;1H4. The molecule has 0 N–H and O–H groups in total. The molecule has 0 radical (unpaired) electrons. The van der Waals surface area contributed by atoms with Gasteiger partial charge in [0, 0.05) is 0 Å². The minimum Gasteiger partial charge on any atom is -0.0836 e. The van der Waals surface area contributed by atoms with Crippen molar-refractivity contribution in [3.8, 4) is 0 Å². The van der Waals surface area contributed by atoms with Crippen LogP contribution in [0.15, 0.2) is 18.2 Å². The zero-order valence-electron chi connectivity index (χ0n) is 9.22. The Morgan fingerprint density at radius 3 is 2.44 bits per heavy atom. The molecule has 0 bridgehead atoms. The highest BCUT2D eigenvalue weighted by molar-refractivity contribution is 5.69. The van der Waals surface area contributed by atoms with Gasteiger partial charge in [-0.25, -0.2) is 0 Å². The quantitative estimate of drug-likeness (QED) is 0.592. The number of hydrogen-bond acceptors (Lipinski definition) is 0. The third kappa shape index (κ3) is 1.63. The van der Waals surface area contributed by atoms with Gasteiger partial charge in [-0.05, 0) is 60.4 Å². The largest absolute Gasteiger partial charge is 0.0836 e. The van der Waals surface area contributed by atoms with Crippen molar-refractivity contribution in [1.29, 1.82) is 0 Å². The lowest BCUT2D eigenvalue weighted by molar-refractivity contribution is 0.902. The van der Waals surface area contributed by atoms with Crippen molar-refractivity contribution < 1.29 is 0 Å². The molecule has 0 spiro atoms. The third-order valence-electron chi connectivity index (χ3n) is 3.54. The van der Waals surface area contributed by atoms with E-state index in [4.69, 9.17) is 0 Å². The predicted molar refractivity (Wildman–Crippen MR) is 72.6 cm³/mol.